The van der Waals surface area contributed by atoms with Gasteiger partial charge in [-0.3, -0.25) is 25.1 Å². The number of amides is 2. The van der Waals surface area contributed by atoms with Crippen LogP contribution in [0.25, 0.3) is 0 Å². The maximum absolute atomic E-state index is 13.4. The average molecular weight is 399 g/mol. The van der Waals surface area contributed by atoms with Gasteiger partial charge in [-0.2, -0.15) is 0 Å². The Morgan fingerprint density at radius 2 is 1.59 bits per heavy atom. The van der Waals surface area contributed by atoms with E-state index < -0.39 is 16.2 Å². The Morgan fingerprint density at radius 3 is 2.10 bits per heavy atom. The van der Waals surface area contributed by atoms with Gasteiger partial charge in [-0.1, -0.05) is 32.9 Å². The highest BCUT2D eigenvalue weighted by Gasteiger charge is 2.52. The number of nitrogens with one attached hydrogen (secondary N) is 1. The van der Waals surface area contributed by atoms with Crippen molar-refractivity contribution in [3.8, 4) is 0 Å². The molecule has 156 valence electrons. The molecule has 0 aliphatic heterocycles. The Bertz CT molecular complexity index is 817. The molecule has 0 unspecified atom stereocenters. The van der Waals surface area contributed by atoms with Crippen LogP contribution in [0.4, 0.5) is 5.69 Å². The minimum atomic E-state index is -0.662. The molecule has 0 radical (unpaired) electrons. The second-order valence-corrected chi connectivity index (χ2v) is 10.1. The number of hydrogen-bond donors (Lipinski definition) is 1. The first-order valence-electron chi connectivity index (χ1n) is 10.5. The summed E-state index contributed by atoms with van der Waals surface area (Å²) in [6.07, 6.45) is 5.72. The molecule has 1 aromatic rings. The molecular formula is C22H29N3O4. The highest BCUT2D eigenvalue weighted by molar-refractivity contribution is 5.99. The van der Waals surface area contributed by atoms with E-state index in [4.69, 9.17) is 0 Å². The van der Waals surface area contributed by atoms with Gasteiger partial charge in [0.2, 0.25) is 5.91 Å². The van der Waals surface area contributed by atoms with Crippen molar-refractivity contribution in [3.05, 3.63) is 39.9 Å². The van der Waals surface area contributed by atoms with Crippen molar-refractivity contribution in [1.82, 2.24) is 10.4 Å². The number of nitro groups is 1. The summed E-state index contributed by atoms with van der Waals surface area (Å²) in [6, 6.07) is 5.85. The summed E-state index contributed by atoms with van der Waals surface area (Å²) in [5.74, 6) is 1.54. The molecule has 1 N–H and O–H groups in total. The summed E-state index contributed by atoms with van der Waals surface area (Å²) in [7, 11) is 0. The lowest BCUT2D eigenvalue weighted by atomic mass is 9.54. The highest BCUT2D eigenvalue weighted by atomic mass is 16.6. The quantitative estimate of drug-likeness (QED) is 0.615. The lowest BCUT2D eigenvalue weighted by molar-refractivity contribution is -0.385. The zero-order valence-electron chi connectivity index (χ0n) is 17.3. The molecule has 0 atom stereocenters. The van der Waals surface area contributed by atoms with Crippen LogP contribution in [0.3, 0.4) is 0 Å². The van der Waals surface area contributed by atoms with Crippen molar-refractivity contribution in [1.29, 1.82) is 0 Å². The van der Waals surface area contributed by atoms with Crippen molar-refractivity contribution in [2.75, 3.05) is 0 Å². The Hall–Kier alpha value is -2.44. The second-order valence-electron chi connectivity index (χ2n) is 10.1. The minimum Gasteiger partial charge on any atom is -0.272 e. The van der Waals surface area contributed by atoms with E-state index in [1.54, 1.807) is 11.1 Å². The summed E-state index contributed by atoms with van der Waals surface area (Å²) < 4.78 is 0. The number of hydrazine groups is 1. The van der Waals surface area contributed by atoms with Crippen molar-refractivity contribution in [2.24, 2.45) is 29.1 Å². The van der Waals surface area contributed by atoms with Gasteiger partial charge in [-0.15, -0.1) is 0 Å². The van der Waals surface area contributed by atoms with Crippen molar-refractivity contribution in [2.45, 2.75) is 58.9 Å². The molecule has 29 heavy (non-hydrogen) atoms. The summed E-state index contributed by atoms with van der Waals surface area (Å²) in [5, 5.41) is 12.9. The van der Waals surface area contributed by atoms with Crippen LogP contribution in [-0.4, -0.2) is 27.8 Å². The number of rotatable bonds is 3. The van der Waals surface area contributed by atoms with E-state index in [2.05, 4.69) is 5.43 Å². The summed E-state index contributed by atoms with van der Waals surface area (Å²) >= 11 is 0. The maximum Gasteiger partial charge on any atom is 0.282 e. The normalized spacial score (nSPS) is 30.1. The number of carbonyl (C=O) groups excluding carboxylic acids is 2. The number of nitrogens with zero attached hydrogens (tertiary/aromatic N) is 2. The van der Waals surface area contributed by atoms with Crippen LogP contribution in [0.15, 0.2) is 24.3 Å². The van der Waals surface area contributed by atoms with Crippen LogP contribution >= 0.6 is 0 Å². The van der Waals surface area contributed by atoms with Crippen LogP contribution in [0.5, 0.6) is 0 Å². The standard InChI is InChI=1S/C22H29N3O4/c1-22(2,3)21(27)24(19-15-9-13-8-14(11-15)12-16(19)10-13)23-20(26)17-6-4-5-7-18(17)25(28)29/h4-7,13-16,19H,8-12H2,1-3H3,(H,23,26). The van der Waals surface area contributed by atoms with Gasteiger partial charge in [-0.25, -0.2) is 5.01 Å². The van der Waals surface area contributed by atoms with E-state index in [9.17, 15) is 19.7 Å². The van der Waals surface area contributed by atoms with Crippen LogP contribution in [0.1, 0.15) is 63.2 Å². The van der Waals surface area contributed by atoms with Crippen molar-refractivity contribution >= 4 is 17.5 Å². The fourth-order valence-electron chi connectivity index (χ4n) is 5.93. The van der Waals surface area contributed by atoms with Gasteiger partial charge in [0.05, 0.1) is 11.0 Å². The van der Waals surface area contributed by atoms with Gasteiger partial charge in [0.15, 0.2) is 0 Å². The Balaban J connectivity index is 1.65. The third-order valence-electron chi connectivity index (χ3n) is 6.90. The average Bonchev–Trinajstić information content (AvgIpc) is 2.64. The second kappa shape index (κ2) is 7.11. The van der Waals surface area contributed by atoms with Crippen LogP contribution in [0.2, 0.25) is 0 Å². The van der Waals surface area contributed by atoms with Crippen LogP contribution < -0.4 is 5.43 Å². The SMILES string of the molecule is CC(C)(C)C(=O)N(NC(=O)c1ccccc1[N+](=O)[O-])C1C2CC3CC(C2)CC1C3. The lowest BCUT2D eigenvalue weighted by Crippen LogP contribution is -2.64. The van der Waals surface area contributed by atoms with Gasteiger partial charge >= 0.3 is 0 Å². The molecule has 4 saturated carbocycles. The van der Waals surface area contributed by atoms with E-state index in [1.807, 2.05) is 20.8 Å². The molecular weight excluding hydrogens is 370 g/mol. The van der Waals surface area contributed by atoms with Crippen molar-refractivity contribution in [3.63, 3.8) is 0 Å². The number of hydrogen-bond acceptors (Lipinski definition) is 4. The first kappa shape index (κ1) is 19.9. The Kier molecular flexibility index (Phi) is 4.87. The maximum atomic E-state index is 13.4. The predicted molar refractivity (Wildman–Crippen MR) is 108 cm³/mol. The largest absolute Gasteiger partial charge is 0.282 e. The number of carbonyl (C=O) groups is 2. The molecule has 4 aliphatic rings. The highest BCUT2D eigenvalue weighted by Crippen LogP contribution is 2.55. The molecule has 4 fully saturated rings. The topological polar surface area (TPSA) is 92.6 Å². The predicted octanol–water partition coefficient (Wildman–Crippen LogP) is 3.94. The van der Waals surface area contributed by atoms with Gasteiger partial charge < -0.3 is 0 Å². The Labute approximate surface area is 171 Å². The molecule has 1 aromatic carbocycles. The smallest absolute Gasteiger partial charge is 0.272 e. The first-order chi connectivity index (χ1) is 13.6. The summed E-state index contributed by atoms with van der Waals surface area (Å²) in [4.78, 5) is 37.2. The molecule has 0 saturated heterocycles. The molecule has 0 aromatic heterocycles. The van der Waals surface area contributed by atoms with Crippen molar-refractivity contribution < 1.29 is 14.5 Å². The molecule has 0 heterocycles. The van der Waals surface area contributed by atoms with Crippen LogP contribution in [0, 0.1) is 39.2 Å². The molecule has 7 nitrogen and oxygen atoms in total. The third-order valence-corrected chi connectivity index (χ3v) is 6.90. The summed E-state index contributed by atoms with van der Waals surface area (Å²) in [5.41, 5.74) is 1.87. The monoisotopic (exact) mass is 399 g/mol. The zero-order chi connectivity index (χ0) is 20.9. The molecule has 4 bridgehead atoms. The van der Waals surface area contributed by atoms with Gasteiger partial charge in [0.25, 0.3) is 11.6 Å². The van der Waals surface area contributed by atoms with E-state index in [1.165, 1.54) is 24.6 Å². The van der Waals surface area contributed by atoms with Gasteiger partial charge in [-0.05, 0) is 61.8 Å². The lowest BCUT2D eigenvalue weighted by Gasteiger charge is -2.57. The number of nitro benzene ring substituents is 1. The molecule has 4 aliphatic carbocycles. The number of para-hydroxylation sites is 1. The minimum absolute atomic E-state index is 0.0203. The zero-order valence-corrected chi connectivity index (χ0v) is 17.3. The van der Waals surface area contributed by atoms with E-state index in [0.29, 0.717) is 11.8 Å². The fraction of sp³-hybridized carbons (Fsp3) is 0.636. The fourth-order valence-corrected chi connectivity index (χ4v) is 5.93. The Morgan fingerprint density at radius 1 is 1.03 bits per heavy atom. The van der Waals surface area contributed by atoms with Gasteiger partial charge in [0.1, 0.15) is 5.56 Å². The number of benzene rings is 1. The third kappa shape index (κ3) is 3.63. The molecule has 0 spiro atoms. The van der Waals surface area contributed by atoms with E-state index in [-0.39, 0.29) is 23.2 Å². The van der Waals surface area contributed by atoms with E-state index in [0.717, 1.165) is 37.5 Å². The molecule has 5 rings (SSSR count). The van der Waals surface area contributed by atoms with Gasteiger partial charge in [0, 0.05) is 11.5 Å². The first-order valence-corrected chi connectivity index (χ1v) is 10.5. The molecule has 2 amide bonds. The van der Waals surface area contributed by atoms with E-state index >= 15 is 0 Å². The summed E-state index contributed by atoms with van der Waals surface area (Å²) in [6.45, 7) is 5.53. The molecule has 7 heteroatoms. The van der Waals surface area contributed by atoms with Crippen LogP contribution in [-0.2, 0) is 4.79 Å².